The van der Waals surface area contributed by atoms with Gasteiger partial charge in [-0.3, -0.25) is 14.5 Å². The highest BCUT2D eigenvalue weighted by molar-refractivity contribution is 5.97. The number of aliphatic imine (C=N–C) groups is 1. The van der Waals surface area contributed by atoms with E-state index in [9.17, 15) is 18.0 Å². The molecule has 1 aliphatic rings. The van der Waals surface area contributed by atoms with Crippen LogP contribution in [0.25, 0.3) is 0 Å². The smallest absolute Gasteiger partial charge is 0.282 e. The summed E-state index contributed by atoms with van der Waals surface area (Å²) in [6.45, 7) is 1.75. The van der Waals surface area contributed by atoms with E-state index in [1.54, 1.807) is 6.92 Å². The first kappa shape index (κ1) is 22.7. The van der Waals surface area contributed by atoms with Crippen LogP contribution < -0.4 is 16.2 Å². The summed E-state index contributed by atoms with van der Waals surface area (Å²) >= 11 is 0. The maximum atomic E-state index is 14.1. The zero-order chi connectivity index (χ0) is 23.5. The molecule has 0 fully saturated rings. The van der Waals surface area contributed by atoms with Crippen molar-refractivity contribution in [2.75, 3.05) is 12.8 Å². The van der Waals surface area contributed by atoms with Crippen LogP contribution in [0, 0.1) is 5.82 Å². The summed E-state index contributed by atoms with van der Waals surface area (Å²) in [5.41, 5.74) is 11.3. The lowest BCUT2D eigenvalue weighted by Gasteiger charge is -2.31. The van der Waals surface area contributed by atoms with E-state index in [0.717, 1.165) is 0 Å². The van der Waals surface area contributed by atoms with Gasteiger partial charge in [0.25, 0.3) is 6.43 Å². The highest BCUT2D eigenvalue weighted by Crippen LogP contribution is 2.35. The standard InChI is InChI=1S/C14H14F3N5.C6H6N2O2/c1-14(8-4-7(18)2-3-9(8)15)6-22-11(13(19)20-14)5-10(21-22)12(16)17;1-10-6-3-7-5(4-9)2-8-6/h2-5,12H,6,18H2,1H3,(H2,19,20);2-4H,1H3. The van der Waals surface area contributed by atoms with Crippen LogP contribution in [-0.2, 0) is 12.1 Å². The number of nitrogens with two attached hydrogens (primary N) is 2. The lowest BCUT2D eigenvalue weighted by molar-refractivity contribution is 0.111. The van der Waals surface area contributed by atoms with Gasteiger partial charge in [0, 0.05) is 11.3 Å². The minimum absolute atomic E-state index is 0.0370. The van der Waals surface area contributed by atoms with Gasteiger partial charge in [-0.15, -0.1) is 0 Å². The first-order valence-corrected chi connectivity index (χ1v) is 9.25. The van der Waals surface area contributed by atoms with E-state index in [-0.39, 0.29) is 23.6 Å². The number of rotatable bonds is 4. The maximum absolute atomic E-state index is 14.1. The summed E-state index contributed by atoms with van der Waals surface area (Å²) in [6, 6.07) is 5.34. The van der Waals surface area contributed by atoms with Crippen molar-refractivity contribution in [3.05, 3.63) is 65.1 Å². The average molecular weight is 447 g/mol. The second kappa shape index (κ2) is 9.04. The van der Waals surface area contributed by atoms with E-state index in [1.165, 1.54) is 48.5 Å². The van der Waals surface area contributed by atoms with Gasteiger partial charge in [0.1, 0.15) is 34.3 Å². The summed E-state index contributed by atoms with van der Waals surface area (Å²) in [4.78, 5) is 21.8. The molecule has 12 heteroatoms. The van der Waals surface area contributed by atoms with Crippen LogP contribution in [0.15, 0.2) is 41.7 Å². The summed E-state index contributed by atoms with van der Waals surface area (Å²) < 4.78 is 45.7. The number of anilines is 1. The van der Waals surface area contributed by atoms with E-state index in [4.69, 9.17) is 16.2 Å². The SMILES string of the molecule is CC1(c2cc(N)ccc2F)Cn2nc(C(F)F)cc2C(N)=N1.COc1cnc(C=O)cn1. The van der Waals surface area contributed by atoms with E-state index in [0.29, 0.717) is 29.2 Å². The van der Waals surface area contributed by atoms with E-state index < -0.39 is 17.8 Å². The Bertz CT molecular complexity index is 1150. The van der Waals surface area contributed by atoms with Gasteiger partial charge in [-0.05, 0) is 31.2 Å². The number of nitrogens with zero attached hydrogens (tertiary/aromatic N) is 5. The predicted octanol–water partition coefficient (Wildman–Crippen LogP) is 2.47. The third kappa shape index (κ3) is 4.68. The van der Waals surface area contributed by atoms with E-state index in [1.807, 2.05) is 0 Å². The Hall–Kier alpha value is -3.96. The minimum atomic E-state index is -2.71. The second-order valence-electron chi connectivity index (χ2n) is 7.02. The zero-order valence-corrected chi connectivity index (χ0v) is 17.2. The molecule has 3 aromatic rings. The van der Waals surface area contributed by atoms with Crippen molar-refractivity contribution in [2.24, 2.45) is 10.7 Å². The molecule has 4 N–H and O–H groups in total. The van der Waals surface area contributed by atoms with Gasteiger partial charge < -0.3 is 16.2 Å². The van der Waals surface area contributed by atoms with Crippen LogP contribution in [-0.4, -0.2) is 39.0 Å². The summed E-state index contributed by atoms with van der Waals surface area (Å²) in [5, 5.41) is 3.83. The molecular formula is C20H20F3N7O2. The average Bonchev–Trinajstić information content (AvgIpc) is 3.20. The minimum Gasteiger partial charge on any atom is -0.480 e. The van der Waals surface area contributed by atoms with Crippen molar-refractivity contribution in [1.29, 1.82) is 0 Å². The summed E-state index contributed by atoms with van der Waals surface area (Å²) in [5.74, 6) is -0.0430. The molecule has 32 heavy (non-hydrogen) atoms. The Labute approximate surface area is 180 Å². The molecule has 9 nitrogen and oxygen atoms in total. The third-order valence-corrected chi connectivity index (χ3v) is 4.66. The predicted molar refractivity (Wildman–Crippen MR) is 110 cm³/mol. The Morgan fingerprint density at radius 1 is 1.22 bits per heavy atom. The molecule has 2 aromatic heterocycles. The molecule has 0 saturated heterocycles. The Balaban J connectivity index is 0.000000243. The van der Waals surface area contributed by atoms with Gasteiger partial charge >= 0.3 is 0 Å². The molecule has 3 heterocycles. The number of halogens is 3. The molecular weight excluding hydrogens is 427 g/mol. The van der Waals surface area contributed by atoms with Crippen LogP contribution in [0.2, 0.25) is 0 Å². The van der Waals surface area contributed by atoms with Crippen LogP contribution in [0.3, 0.4) is 0 Å². The largest absolute Gasteiger partial charge is 0.480 e. The zero-order valence-electron chi connectivity index (χ0n) is 17.2. The normalized spacial score (nSPS) is 17.1. The molecule has 1 unspecified atom stereocenters. The maximum Gasteiger partial charge on any atom is 0.282 e. The number of benzene rings is 1. The number of fused-ring (bicyclic) bond motifs is 1. The number of carbonyl (C=O) groups is 1. The monoisotopic (exact) mass is 447 g/mol. The first-order valence-electron chi connectivity index (χ1n) is 9.25. The molecule has 168 valence electrons. The van der Waals surface area contributed by atoms with Gasteiger partial charge in [-0.1, -0.05) is 0 Å². The number of hydrogen-bond acceptors (Lipinski definition) is 8. The van der Waals surface area contributed by atoms with Gasteiger partial charge in [-0.25, -0.2) is 23.1 Å². The molecule has 0 bridgehead atoms. The molecule has 1 aromatic carbocycles. The van der Waals surface area contributed by atoms with Crippen molar-refractivity contribution in [3.8, 4) is 5.88 Å². The number of nitrogen functional groups attached to an aromatic ring is 1. The number of amidine groups is 1. The second-order valence-corrected chi connectivity index (χ2v) is 7.02. The highest BCUT2D eigenvalue weighted by atomic mass is 19.3. The fourth-order valence-electron chi connectivity index (χ4n) is 3.11. The lowest BCUT2D eigenvalue weighted by Crippen LogP contribution is -2.37. The third-order valence-electron chi connectivity index (χ3n) is 4.66. The summed E-state index contributed by atoms with van der Waals surface area (Å²) in [7, 11) is 1.49. The topological polar surface area (TPSA) is 134 Å². The number of ether oxygens (including phenoxy) is 1. The Morgan fingerprint density at radius 3 is 2.56 bits per heavy atom. The number of aldehydes is 1. The fraction of sp³-hybridized carbons (Fsp3) is 0.250. The first-order chi connectivity index (χ1) is 15.2. The van der Waals surface area contributed by atoms with E-state index >= 15 is 0 Å². The van der Waals surface area contributed by atoms with Crippen molar-refractivity contribution in [1.82, 2.24) is 19.7 Å². The fourth-order valence-corrected chi connectivity index (χ4v) is 3.11. The van der Waals surface area contributed by atoms with Crippen molar-refractivity contribution in [3.63, 3.8) is 0 Å². The highest BCUT2D eigenvalue weighted by Gasteiger charge is 2.36. The van der Waals surface area contributed by atoms with Gasteiger partial charge in [-0.2, -0.15) is 5.10 Å². The number of aromatic nitrogens is 4. The number of methoxy groups -OCH3 is 1. The number of hydrogen-bond donors (Lipinski definition) is 2. The van der Waals surface area contributed by atoms with Gasteiger partial charge in [0.15, 0.2) is 6.29 Å². The summed E-state index contributed by atoms with van der Waals surface area (Å²) in [6.07, 6.45) is 0.670. The Kier molecular flexibility index (Phi) is 6.42. The van der Waals surface area contributed by atoms with Gasteiger partial charge in [0.05, 0.1) is 26.0 Å². The molecule has 0 amide bonds. The van der Waals surface area contributed by atoms with Crippen LogP contribution in [0.4, 0.5) is 18.9 Å². The molecule has 0 aliphatic carbocycles. The molecule has 0 radical (unpaired) electrons. The molecule has 4 rings (SSSR count). The van der Waals surface area contributed by atoms with Crippen molar-refractivity contribution in [2.45, 2.75) is 25.4 Å². The quantitative estimate of drug-likeness (QED) is 0.463. The molecule has 0 spiro atoms. The van der Waals surface area contributed by atoms with Crippen molar-refractivity contribution < 1.29 is 22.7 Å². The van der Waals surface area contributed by atoms with E-state index in [2.05, 4.69) is 20.1 Å². The molecule has 0 saturated carbocycles. The van der Waals surface area contributed by atoms with Crippen LogP contribution in [0.5, 0.6) is 5.88 Å². The number of alkyl halides is 2. The van der Waals surface area contributed by atoms with Crippen LogP contribution in [0.1, 0.15) is 40.8 Å². The molecule has 1 aliphatic heterocycles. The Morgan fingerprint density at radius 2 is 1.97 bits per heavy atom. The van der Waals surface area contributed by atoms with Crippen LogP contribution >= 0.6 is 0 Å². The number of carbonyl (C=O) groups excluding carboxylic acids is 1. The lowest BCUT2D eigenvalue weighted by atomic mass is 9.90. The molecule has 1 atom stereocenters. The van der Waals surface area contributed by atoms with Gasteiger partial charge in [0.2, 0.25) is 5.88 Å². The van der Waals surface area contributed by atoms with Crippen molar-refractivity contribution >= 4 is 17.8 Å².